The molecular weight excluding hydrogens is 336 g/mol. The van der Waals surface area contributed by atoms with Crippen molar-refractivity contribution in [1.29, 1.82) is 0 Å². The number of aromatic nitrogens is 1. The van der Waals surface area contributed by atoms with Crippen LogP contribution in [0.1, 0.15) is 27.7 Å². The van der Waals surface area contributed by atoms with Gasteiger partial charge in [-0.2, -0.15) is 0 Å². The molecule has 1 aromatic heterocycles. The molecule has 0 radical (unpaired) electrons. The summed E-state index contributed by atoms with van der Waals surface area (Å²) >= 11 is 0. The number of hydrogen-bond acceptors (Lipinski definition) is 4. The third kappa shape index (κ3) is 3.71. The van der Waals surface area contributed by atoms with E-state index >= 15 is 0 Å². The van der Waals surface area contributed by atoms with Crippen molar-refractivity contribution in [2.75, 3.05) is 10.6 Å². The number of anilines is 2. The summed E-state index contributed by atoms with van der Waals surface area (Å²) in [5.41, 5.74) is -0.0230. The van der Waals surface area contributed by atoms with Crippen molar-refractivity contribution >= 4 is 30.1 Å². The van der Waals surface area contributed by atoms with Crippen LogP contribution in [-0.4, -0.2) is 29.3 Å². The highest BCUT2D eigenvalue weighted by Gasteiger charge is 2.51. The number of carbonyl (C=O) groups is 1. The number of para-hydroxylation sites is 1. The Morgan fingerprint density at radius 2 is 1.69 bits per heavy atom. The van der Waals surface area contributed by atoms with Gasteiger partial charge in [-0.25, -0.2) is 14.2 Å². The number of halogens is 1. The van der Waals surface area contributed by atoms with Crippen molar-refractivity contribution in [2.24, 2.45) is 0 Å². The normalized spacial score (nSPS) is 17.8. The van der Waals surface area contributed by atoms with Crippen molar-refractivity contribution < 1.29 is 18.5 Å². The minimum absolute atomic E-state index is 0.0961. The molecule has 0 spiro atoms. The average Bonchev–Trinajstić information content (AvgIpc) is 2.78. The number of nitrogens with zero attached hydrogens (tertiary/aromatic N) is 1. The van der Waals surface area contributed by atoms with Crippen LogP contribution in [-0.2, 0) is 9.31 Å². The van der Waals surface area contributed by atoms with E-state index in [4.69, 9.17) is 9.31 Å². The smallest absolute Gasteiger partial charge is 0.399 e. The number of amides is 2. The van der Waals surface area contributed by atoms with Crippen molar-refractivity contribution in [3.05, 3.63) is 48.4 Å². The summed E-state index contributed by atoms with van der Waals surface area (Å²) in [5.74, 6) is -0.175. The number of carbonyl (C=O) groups excluding carboxylic acids is 1. The van der Waals surface area contributed by atoms with E-state index in [1.807, 2.05) is 27.7 Å². The molecule has 2 N–H and O–H groups in total. The summed E-state index contributed by atoms with van der Waals surface area (Å²) in [4.78, 5) is 16.2. The zero-order chi connectivity index (χ0) is 18.9. The molecule has 6 nitrogen and oxygen atoms in total. The Kier molecular flexibility index (Phi) is 4.73. The van der Waals surface area contributed by atoms with E-state index in [-0.39, 0.29) is 5.69 Å². The molecule has 26 heavy (non-hydrogen) atoms. The Morgan fingerprint density at radius 1 is 1.04 bits per heavy atom. The summed E-state index contributed by atoms with van der Waals surface area (Å²) in [6.45, 7) is 7.90. The van der Waals surface area contributed by atoms with Gasteiger partial charge >= 0.3 is 13.1 Å². The van der Waals surface area contributed by atoms with Gasteiger partial charge < -0.3 is 14.6 Å². The van der Waals surface area contributed by atoms with Crippen LogP contribution in [0.4, 0.5) is 20.7 Å². The fourth-order valence-corrected chi connectivity index (χ4v) is 2.43. The molecule has 0 saturated carbocycles. The molecular formula is C18H21BFN3O3. The van der Waals surface area contributed by atoms with Gasteiger partial charge in [-0.1, -0.05) is 18.2 Å². The van der Waals surface area contributed by atoms with E-state index < -0.39 is 30.2 Å². The Bertz CT molecular complexity index is 796. The van der Waals surface area contributed by atoms with Gasteiger partial charge in [0.15, 0.2) is 0 Å². The van der Waals surface area contributed by atoms with E-state index in [0.717, 1.165) is 5.46 Å². The van der Waals surface area contributed by atoms with Crippen LogP contribution in [0, 0.1) is 5.82 Å². The molecule has 2 amide bonds. The SMILES string of the molecule is CC1(C)OB(c2ccc(NC(=O)Nc3ccccc3F)nc2)OC1(C)C. The second-order valence-corrected chi connectivity index (χ2v) is 7.12. The monoisotopic (exact) mass is 357 g/mol. The van der Waals surface area contributed by atoms with Crippen molar-refractivity contribution in [1.82, 2.24) is 4.98 Å². The molecule has 1 aliphatic rings. The van der Waals surface area contributed by atoms with Crippen LogP contribution >= 0.6 is 0 Å². The van der Waals surface area contributed by atoms with Gasteiger partial charge in [0, 0.05) is 11.7 Å². The zero-order valence-corrected chi connectivity index (χ0v) is 15.2. The molecule has 2 heterocycles. The van der Waals surface area contributed by atoms with Crippen LogP contribution in [0.3, 0.4) is 0 Å². The summed E-state index contributed by atoms with van der Waals surface area (Å²) in [6.07, 6.45) is 1.58. The minimum atomic E-state index is -0.578. The highest BCUT2D eigenvalue weighted by Crippen LogP contribution is 2.36. The molecule has 0 atom stereocenters. The lowest BCUT2D eigenvalue weighted by atomic mass is 9.80. The maximum atomic E-state index is 13.6. The van der Waals surface area contributed by atoms with E-state index in [0.29, 0.717) is 5.82 Å². The number of urea groups is 1. The predicted octanol–water partition coefficient (Wildman–Crippen LogP) is 3.16. The van der Waals surface area contributed by atoms with Gasteiger partial charge in [-0.15, -0.1) is 0 Å². The van der Waals surface area contributed by atoms with Gasteiger partial charge in [0.05, 0.1) is 16.9 Å². The number of hydrogen-bond donors (Lipinski definition) is 2. The van der Waals surface area contributed by atoms with Gasteiger partial charge in [0.2, 0.25) is 0 Å². The third-order valence-corrected chi connectivity index (χ3v) is 4.68. The maximum Gasteiger partial charge on any atom is 0.496 e. The summed E-state index contributed by atoms with van der Waals surface area (Å²) < 4.78 is 25.5. The van der Waals surface area contributed by atoms with Crippen LogP contribution in [0.25, 0.3) is 0 Å². The number of rotatable bonds is 3. The van der Waals surface area contributed by atoms with Crippen LogP contribution in [0.5, 0.6) is 0 Å². The Balaban J connectivity index is 1.63. The average molecular weight is 357 g/mol. The number of nitrogens with one attached hydrogen (secondary N) is 2. The largest absolute Gasteiger partial charge is 0.496 e. The lowest BCUT2D eigenvalue weighted by Gasteiger charge is -2.32. The highest BCUT2D eigenvalue weighted by molar-refractivity contribution is 6.62. The van der Waals surface area contributed by atoms with E-state index in [2.05, 4.69) is 15.6 Å². The van der Waals surface area contributed by atoms with E-state index in [1.165, 1.54) is 12.1 Å². The third-order valence-electron chi connectivity index (χ3n) is 4.68. The second kappa shape index (κ2) is 6.70. The number of benzene rings is 1. The first kappa shape index (κ1) is 18.3. The maximum absolute atomic E-state index is 13.6. The molecule has 136 valence electrons. The molecule has 1 aliphatic heterocycles. The molecule has 2 aromatic rings. The predicted molar refractivity (Wildman–Crippen MR) is 99.0 cm³/mol. The first-order valence-corrected chi connectivity index (χ1v) is 8.32. The lowest BCUT2D eigenvalue weighted by Crippen LogP contribution is -2.41. The van der Waals surface area contributed by atoms with Gasteiger partial charge in [-0.3, -0.25) is 5.32 Å². The molecule has 0 bridgehead atoms. The fraction of sp³-hybridized carbons (Fsp3) is 0.333. The van der Waals surface area contributed by atoms with Crippen molar-refractivity contribution in [3.63, 3.8) is 0 Å². The first-order chi connectivity index (χ1) is 12.2. The fourth-order valence-electron chi connectivity index (χ4n) is 2.43. The summed E-state index contributed by atoms with van der Waals surface area (Å²) in [6, 6.07) is 8.77. The molecule has 1 fully saturated rings. The topological polar surface area (TPSA) is 72.5 Å². The molecule has 1 aromatic carbocycles. The molecule has 1 saturated heterocycles. The van der Waals surface area contributed by atoms with E-state index in [1.54, 1.807) is 30.5 Å². The Morgan fingerprint density at radius 3 is 2.27 bits per heavy atom. The van der Waals surface area contributed by atoms with Gasteiger partial charge in [0.1, 0.15) is 11.6 Å². The van der Waals surface area contributed by atoms with Crippen molar-refractivity contribution in [2.45, 2.75) is 38.9 Å². The molecule has 3 rings (SSSR count). The van der Waals surface area contributed by atoms with Gasteiger partial charge in [0.25, 0.3) is 0 Å². The lowest BCUT2D eigenvalue weighted by molar-refractivity contribution is 0.00578. The van der Waals surface area contributed by atoms with Crippen LogP contribution < -0.4 is 16.1 Å². The van der Waals surface area contributed by atoms with E-state index in [9.17, 15) is 9.18 Å². The molecule has 8 heteroatoms. The first-order valence-electron chi connectivity index (χ1n) is 8.32. The summed E-state index contributed by atoms with van der Waals surface area (Å²) in [7, 11) is -0.520. The van der Waals surface area contributed by atoms with Crippen molar-refractivity contribution in [3.8, 4) is 0 Å². The van der Waals surface area contributed by atoms with Gasteiger partial charge in [-0.05, 0) is 45.9 Å². The minimum Gasteiger partial charge on any atom is -0.399 e. The Hall–Kier alpha value is -2.45. The Labute approximate surface area is 152 Å². The molecule has 0 aliphatic carbocycles. The van der Waals surface area contributed by atoms with Crippen LogP contribution in [0.2, 0.25) is 0 Å². The number of pyridine rings is 1. The van der Waals surface area contributed by atoms with Crippen LogP contribution in [0.15, 0.2) is 42.6 Å². The highest BCUT2D eigenvalue weighted by atomic mass is 19.1. The zero-order valence-electron chi connectivity index (χ0n) is 15.2. The second-order valence-electron chi connectivity index (χ2n) is 7.12. The summed E-state index contributed by atoms with van der Waals surface area (Å²) in [5, 5.41) is 4.99. The standard InChI is InChI=1S/C18H21BFN3O3/c1-17(2)18(3,4)26-19(25-17)12-9-10-15(21-11-12)23-16(24)22-14-8-6-5-7-13(14)20/h5-11H,1-4H3,(H2,21,22,23,24). The quantitative estimate of drug-likeness (QED) is 0.828. The molecule has 0 unspecified atom stereocenters.